The van der Waals surface area contributed by atoms with Crippen molar-refractivity contribution in [2.75, 3.05) is 5.32 Å². The minimum atomic E-state index is -0.786. The topological polar surface area (TPSA) is 105 Å². The Bertz CT molecular complexity index is 478. The molecule has 0 aliphatic carbocycles. The SMILES string of the molecule is CC(CCCC(C)C(=O)O)Nc1cc([N+](=O)[O-])ccn1. The van der Waals surface area contributed by atoms with Crippen LogP contribution in [0, 0.1) is 16.0 Å². The van der Waals surface area contributed by atoms with Crippen LogP contribution in [0.1, 0.15) is 33.1 Å². The lowest BCUT2D eigenvalue weighted by Crippen LogP contribution is -2.17. The molecule has 1 aromatic rings. The fourth-order valence-electron chi connectivity index (χ4n) is 1.79. The fraction of sp³-hybridized carbons (Fsp3) is 0.538. The largest absolute Gasteiger partial charge is 0.481 e. The van der Waals surface area contributed by atoms with E-state index in [1.54, 1.807) is 6.92 Å². The Morgan fingerprint density at radius 3 is 2.80 bits per heavy atom. The van der Waals surface area contributed by atoms with Crippen LogP contribution in [0.4, 0.5) is 11.5 Å². The minimum Gasteiger partial charge on any atom is -0.481 e. The van der Waals surface area contributed by atoms with Crippen LogP contribution in [-0.4, -0.2) is 27.0 Å². The Labute approximate surface area is 117 Å². The quantitative estimate of drug-likeness (QED) is 0.560. The molecule has 2 N–H and O–H groups in total. The zero-order valence-electron chi connectivity index (χ0n) is 11.6. The Morgan fingerprint density at radius 1 is 1.50 bits per heavy atom. The highest BCUT2D eigenvalue weighted by atomic mass is 16.6. The Morgan fingerprint density at radius 2 is 2.20 bits per heavy atom. The Balaban J connectivity index is 2.42. The van der Waals surface area contributed by atoms with Gasteiger partial charge in [0.05, 0.1) is 16.9 Å². The Kier molecular flexibility index (Phi) is 5.89. The number of aromatic nitrogens is 1. The minimum absolute atomic E-state index is 0.00537. The molecule has 2 atom stereocenters. The number of aliphatic carboxylic acids is 1. The van der Waals surface area contributed by atoms with Crippen LogP contribution in [0.15, 0.2) is 18.3 Å². The second-order valence-corrected chi connectivity index (χ2v) is 4.87. The summed E-state index contributed by atoms with van der Waals surface area (Å²) in [6.45, 7) is 3.62. The smallest absolute Gasteiger partial charge is 0.306 e. The zero-order chi connectivity index (χ0) is 15.1. The molecule has 1 rings (SSSR count). The van der Waals surface area contributed by atoms with Crippen molar-refractivity contribution in [3.05, 3.63) is 28.4 Å². The number of hydrogen-bond acceptors (Lipinski definition) is 5. The predicted octanol–water partition coefficient (Wildman–Crippen LogP) is 2.68. The van der Waals surface area contributed by atoms with Gasteiger partial charge in [-0.1, -0.05) is 13.3 Å². The van der Waals surface area contributed by atoms with Gasteiger partial charge in [0.2, 0.25) is 0 Å². The number of nitrogens with one attached hydrogen (secondary N) is 1. The van der Waals surface area contributed by atoms with E-state index in [0.717, 1.165) is 12.8 Å². The van der Waals surface area contributed by atoms with Crippen molar-refractivity contribution in [1.82, 2.24) is 4.98 Å². The molecule has 7 heteroatoms. The molecule has 0 amide bonds. The normalized spacial score (nSPS) is 13.5. The summed E-state index contributed by atoms with van der Waals surface area (Å²) in [7, 11) is 0. The number of nitro groups is 1. The van der Waals surface area contributed by atoms with Gasteiger partial charge < -0.3 is 10.4 Å². The van der Waals surface area contributed by atoms with Crippen LogP contribution in [0.5, 0.6) is 0 Å². The number of pyridine rings is 1. The molecule has 20 heavy (non-hydrogen) atoms. The van der Waals surface area contributed by atoms with E-state index in [0.29, 0.717) is 12.2 Å². The molecule has 0 aromatic carbocycles. The molecule has 0 radical (unpaired) electrons. The summed E-state index contributed by atoms with van der Waals surface area (Å²) in [5, 5.41) is 22.5. The highest BCUT2D eigenvalue weighted by Crippen LogP contribution is 2.17. The first kappa shape index (κ1) is 15.9. The molecule has 110 valence electrons. The van der Waals surface area contributed by atoms with Gasteiger partial charge >= 0.3 is 5.97 Å². The van der Waals surface area contributed by atoms with Crippen molar-refractivity contribution < 1.29 is 14.8 Å². The van der Waals surface area contributed by atoms with Gasteiger partial charge in [-0.25, -0.2) is 4.98 Å². The third-order valence-corrected chi connectivity index (χ3v) is 3.04. The van der Waals surface area contributed by atoms with E-state index in [9.17, 15) is 14.9 Å². The van der Waals surface area contributed by atoms with Crippen molar-refractivity contribution in [1.29, 1.82) is 0 Å². The Hall–Kier alpha value is -2.18. The van der Waals surface area contributed by atoms with Crippen molar-refractivity contribution in [2.24, 2.45) is 5.92 Å². The molecule has 0 aliphatic rings. The summed E-state index contributed by atoms with van der Waals surface area (Å²) in [6.07, 6.45) is 3.56. The molecule has 0 saturated heterocycles. The second-order valence-electron chi connectivity index (χ2n) is 4.87. The van der Waals surface area contributed by atoms with E-state index in [-0.39, 0.29) is 17.6 Å². The van der Waals surface area contributed by atoms with Gasteiger partial charge in [0, 0.05) is 18.3 Å². The molecular weight excluding hydrogens is 262 g/mol. The maximum atomic E-state index is 10.7. The predicted molar refractivity (Wildman–Crippen MR) is 74.6 cm³/mol. The summed E-state index contributed by atoms with van der Waals surface area (Å²) in [6, 6.07) is 2.80. The maximum absolute atomic E-state index is 10.7. The van der Waals surface area contributed by atoms with Gasteiger partial charge in [-0.3, -0.25) is 14.9 Å². The summed E-state index contributed by atoms with van der Waals surface area (Å²) < 4.78 is 0. The van der Waals surface area contributed by atoms with Crippen LogP contribution in [0.3, 0.4) is 0 Å². The van der Waals surface area contributed by atoms with Crippen molar-refractivity contribution in [3.8, 4) is 0 Å². The molecule has 7 nitrogen and oxygen atoms in total. The number of carboxylic acids is 1. The third kappa shape index (κ3) is 5.21. The van der Waals surface area contributed by atoms with Crippen molar-refractivity contribution >= 4 is 17.5 Å². The lowest BCUT2D eigenvalue weighted by atomic mass is 10.0. The van der Waals surface area contributed by atoms with Gasteiger partial charge in [-0.05, 0) is 19.8 Å². The number of hydrogen-bond donors (Lipinski definition) is 2. The van der Waals surface area contributed by atoms with Gasteiger partial charge in [0.1, 0.15) is 5.82 Å². The maximum Gasteiger partial charge on any atom is 0.306 e. The van der Waals surface area contributed by atoms with E-state index in [1.165, 1.54) is 18.3 Å². The fourth-order valence-corrected chi connectivity index (χ4v) is 1.79. The van der Waals surface area contributed by atoms with E-state index in [2.05, 4.69) is 10.3 Å². The van der Waals surface area contributed by atoms with Crippen LogP contribution in [0.2, 0.25) is 0 Å². The van der Waals surface area contributed by atoms with Gasteiger partial charge in [0.15, 0.2) is 0 Å². The molecule has 0 fully saturated rings. The number of rotatable bonds is 8. The molecule has 1 heterocycles. The highest BCUT2D eigenvalue weighted by molar-refractivity contribution is 5.69. The van der Waals surface area contributed by atoms with E-state index >= 15 is 0 Å². The van der Waals surface area contributed by atoms with Crippen molar-refractivity contribution in [3.63, 3.8) is 0 Å². The van der Waals surface area contributed by atoms with Gasteiger partial charge in [-0.15, -0.1) is 0 Å². The molecule has 0 aliphatic heterocycles. The molecule has 0 spiro atoms. The number of nitrogens with zero attached hydrogens (tertiary/aromatic N) is 2. The average molecular weight is 281 g/mol. The third-order valence-electron chi connectivity index (χ3n) is 3.04. The molecule has 0 saturated carbocycles. The van der Waals surface area contributed by atoms with Crippen LogP contribution < -0.4 is 5.32 Å². The van der Waals surface area contributed by atoms with E-state index < -0.39 is 10.9 Å². The first-order valence-electron chi connectivity index (χ1n) is 6.50. The van der Waals surface area contributed by atoms with Crippen molar-refractivity contribution in [2.45, 2.75) is 39.2 Å². The highest BCUT2D eigenvalue weighted by Gasteiger charge is 2.12. The zero-order valence-corrected chi connectivity index (χ0v) is 11.6. The number of anilines is 1. The van der Waals surface area contributed by atoms with Crippen LogP contribution in [0.25, 0.3) is 0 Å². The summed E-state index contributed by atoms with van der Waals surface area (Å²) >= 11 is 0. The van der Waals surface area contributed by atoms with Crippen LogP contribution in [-0.2, 0) is 4.79 Å². The second kappa shape index (κ2) is 7.42. The first-order chi connectivity index (χ1) is 9.40. The van der Waals surface area contributed by atoms with Gasteiger partial charge in [-0.2, -0.15) is 0 Å². The van der Waals surface area contributed by atoms with Crippen LogP contribution >= 0.6 is 0 Å². The summed E-state index contributed by atoms with van der Waals surface area (Å²) in [5.74, 6) is -0.679. The molecule has 1 aromatic heterocycles. The summed E-state index contributed by atoms with van der Waals surface area (Å²) in [4.78, 5) is 24.9. The van der Waals surface area contributed by atoms with E-state index in [1.807, 2.05) is 6.92 Å². The average Bonchev–Trinajstić information content (AvgIpc) is 2.38. The molecule has 2 unspecified atom stereocenters. The molecular formula is C13H19N3O4. The first-order valence-corrected chi connectivity index (χ1v) is 6.50. The standard InChI is InChI=1S/C13H19N3O4/c1-9(13(17)18)4-3-5-10(2)15-12-8-11(16(19)20)6-7-14-12/h6-10H,3-5H2,1-2H3,(H,14,15)(H,17,18). The number of carbonyl (C=O) groups is 1. The lowest BCUT2D eigenvalue weighted by molar-refractivity contribution is -0.384. The monoisotopic (exact) mass is 281 g/mol. The van der Waals surface area contributed by atoms with Gasteiger partial charge in [0.25, 0.3) is 5.69 Å². The lowest BCUT2D eigenvalue weighted by Gasteiger charge is -2.14. The number of carboxylic acid groups (broad SMARTS) is 1. The summed E-state index contributed by atoms with van der Waals surface area (Å²) in [5.41, 5.74) is -0.00537. The van der Waals surface area contributed by atoms with E-state index in [4.69, 9.17) is 5.11 Å². The molecule has 0 bridgehead atoms.